The van der Waals surface area contributed by atoms with Gasteiger partial charge in [-0.3, -0.25) is 9.59 Å². The quantitative estimate of drug-likeness (QED) is 0.430. The van der Waals surface area contributed by atoms with Gasteiger partial charge in [-0.25, -0.2) is 0 Å². The molecule has 6 heteroatoms. The Kier molecular flexibility index (Phi) is 2.37. The molecule has 2 aromatic carbocycles. The van der Waals surface area contributed by atoms with Crippen LogP contribution in [-0.2, 0) is 0 Å². The van der Waals surface area contributed by atoms with Crippen LogP contribution in [0.25, 0.3) is 10.8 Å². The summed E-state index contributed by atoms with van der Waals surface area (Å²) < 4.78 is 0. The molecule has 0 fully saturated rings. The number of phenols is 4. The van der Waals surface area contributed by atoms with Crippen molar-refractivity contribution in [1.82, 2.24) is 0 Å². The first kappa shape index (κ1) is 12.3. The lowest BCUT2D eigenvalue weighted by Crippen LogP contribution is -2.17. The maximum absolute atomic E-state index is 11.9. The van der Waals surface area contributed by atoms with Gasteiger partial charge in [0.2, 0.25) is 0 Å². The fourth-order valence-corrected chi connectivity index (χ4v) is 2.53. The topological polar surface area (TPSA) is 115 Å². The molecule has 0 heterocycles. The summed E-state index contributed by atoms with van der Waals surface area (Å²) in [6.07, 6.45) is -0.0989. The average molecular weight is 274 g/mol. The SMILES string of the molecule is O=C1CCC(=O)c2c1c(O)c1ccc(O)c(O)c1c2O. The van der Waals surface area contributed by atoms with E-state index in [0.717, 1.165) is 6.07 Å². The summed E-state index contributed by atoms with van der Waals surface area (Å²) in [6.45, 7) is 0. The van der Waals surface area contributed by atoms with Crippen molar-refractivity contribution >= 4 is 22.3 Å². The molecule has 0 saturated heterocycles. The molecule has 0 amide bonds. The van der Waals surface area contributed by atoms with Crippen molar-refractivity contribution in [1.29, 1.82) is 0 Å². The molecule has 3 rings (SSSR count). The largest absolute Gasteiger partial charge is 0.507 e. The van der Waals surface area contributed by atoms with E-state index < -0.39 is 34.6 Å². The summed E-state index contributed by atoms with van der Waals surface area (Å²) in [4.78, 5) is 23.7. The molecule has 1 aliphatic carbocycles. The lowest BCUT2D eigenvalue weighted by molar-refractivity contribution is 0.0885. The minimum absolute atomic E-state index is 0.000370. The van der Waals surface area contributed by atoms with Gasteiger partial charge in [-0.1, -0.05) is 0 Å². The molecule has 0 atom stereocenters. The van der Waals surface area contributed by atoms with Crippen LogP contribution < -0.4 is 0 Å². The number of aromatic hydroxyl groups is 4. The van der Waals surface area contributed by atoms with Crippen LogP contribution in [0, 0.1) is 0 Å². The molecule has 0 saturated carbocycles. The molecule has 20 heavy (non-hydrogen) atoms. The average Bonchev–Trinajstić information content (AvgIpc) is 2.41. The molecular formula is C14H10O6. The highest BCUT2D eigenvalue weighted by Crippen LogP contribution is 2.48. The van der Waals surface area contributed by atoms with Gasteiger partial charge in [0, 0.05) is 18.2 Å². The minimum atomic E-state index is -0.649. The molecule has 1 aliphatic rings. The Bertz CT molecular complexity index is 790. The van der Waals surface area contributed by atoms with Crippen LogP contribution in [0.15, 0.2) is 12.1 Å². The smallest absolute Gasteiger partial charge is 0.169 e. The van der Waals surface area contributed by atoms with E-state index in [2.05, 4.69) is 0 Å². The second-order valence-electron chi connectivity index (χ2n) is 4.65. The summed E-state index contributed by atoms with van der Waals surface area (Å²) in [7, 11) is 0. The number of hydrogen-bond donors (Lipinski definition) is 4. The van der Waals surface area contributed by atoms with Crippen molar-refractivity contribution in [3.63, 3.8) is 0 Å². The third-order valence-corrected chi connectivity index (χ3v) is 3.51. The molecule has 0 spiro atoms. The normalized spacial score (nSPS) is 14.6. The van der Waals surface area contributed by atoms with E-state index in [-0.39, 0.29) is 34.7 Å². The van der Waals surface area contributed by atoms with Gasteiger partial charge in [-0.05, 0) is 12.1 Å². The number of carbonyl (C=O) groups excluding carboxylic acids is 2. The highest BCUT2D eigenvalue weighted by molar-refractivity contribution is 6.21. The zero-order valence-electron chi connectivity index (χ0n) is 10.2. The zero-order chi connectivity index (χ0) is 14.6. The molecule has 0 bridgehead atoms. The predicted molar refractivity (Wildman–Crippen MR) is 68.5 cm³/mol. The van der Waals surface area contributed by atoms with Crippen molar-refractivity contribution in [3.05, 3.63) is 23.3 Å². The van der Waals surface area contributed by atoms with Crippen LogP contribution in [0.3, 0.4) is 0 Å². The van der Waals surface area contributed by atoms with Crippen LogP contribution in [0.2, 0.25) is 0 Å². The van der Waals surface area contributed by atoms with E-state index in [4.69, 9.17) is 0 Å². The molecule has 0 unspecified atom stereocenters. The van der Waals surface area contributed by atoms with Gasteiger partial charge in [-0.15, -0.1) is 0 Å². The first-order valence-electron chi connectivity index (χ1n) is 5.92. The third kappa shape index (κ3) is 1.38. The molecule has 6 nitrogen and oxygen atoms in total. The Morgan fingerprint density at radius 1 is 0.750 bits per heavy atom. The van der Waals surface area contributed by atoms with Crippen LogP contribution >= 0.6 is 0 Å². The van der Waals surface area contributed by atoms with Gasteiger partial charge in [0.25, 0.3) is 0 Å². The number of ketones is 2. The molecular weight excluding hydrogens is 264 g/mol. The van der Waals surface area contributed by atoms with Gasteiger partial charge >= 0.3 is 0 Å². The van der Waals surface area contributed by atoms with E-state index in [0.29, 0.717) is 0 Å². The fraction of sp³-hybridized carbons (Fsp3) is 0.143. The Morgan fingerprint density at radius 2 is 1.30 bits per heavy atom. The fourth-order valence-electron chi connectivity index (χ4n) is 2.53. The predicted octanol–water partition coefficient (Wildman–Crippen LogP) is 1.82. The lowest BCUT2D eigenvalue weighted by Gasteiger charge is -2.19. The van der Waals surface area contributed by atoms with Crippen molar-refractivity contribution in [3.8, 4) is 23.0 Å². The summed E-state index contributed by atoms with van der Waals surface area (Å²) in [5.41, 5.74) is -0.525. The Hall–Kier alpha value is -2.76. The maximum atomic E-state index is 11.9. The molecule has 102 valence electrons. The van der Waals surface area contributed by atoms with E-state index in [1.165, 1.54) is 6.07 Å². The summed E-state index contributed by atoms with van der Waals surface area (Å²) in [6, 6.07) is 2.38. The Morgan fingerprint density at radius 3 is 1.90 bits per heavy atom. The Labute approximate surface area is 112 Å². The molecule has 4 N–H and O–H groups in total. The van der Waals surface area contributed by atoms with Crippen molar-refractivity contribution in [2.75, 3.05) is 0 Å². The standard InChI is InChI=1S/C14H10O6/c15-6-3-4-7(16)11-10(6)12(18)5-1-2-8(17)13(19)9(5)14(11)20/h1-2,17-20H,3-4H2. The van der Waals surface area contributed by atoms with Crippen LogP contribution in [0.1, 0.15) is 33.6 Å². The first-order chi connectivity index (χ1) is 9.43. The molecule has 0 aliphatic heterocycles. The van der Waals surface area contributed by atoms with E-state index in [1.807, 2.05) is 0 Å². The number of hydrogen-bond acceptors (Lipinski definition) is 6. The number of rotatable bonds is 0. The van der Waals surface area contributed by atoms with Gasteiger partial charge in [0.15, 0.2) is 23.1 Å². The van der Waals surface area contributed by atoms with E-state index >= 15 is 0 Å². The zero-order valence-corrected chi connectivity index (χ0v) is 10.2. The number of carbonyl (C=O) groups is 2. The number of fused-ring (bicyclic) bond motifs is 2. The monoisotopic (exact) mass is 274 g/mol. The molecule has 2 aromatic rings. The molecule has 0 radical (unpaired) electrons. The second kappa shape index (κ2) is 3.86. The van der Waals surface area contributed by atoms with Crippen molar-refractivity contribution < 1.29 is 30.0 Å². The van der Waals surface area contributed by atoms with Crippen LogP contribution in [0.4, 0.5) is 0 Å². The minimum Gasteiger partial charge on any atom is -0.507 e. The highest BCUT2D eigenvalue weighted by Gasteiger charge is 2.33. The Balaban J connectivity index is 2.58. The number of benzene rings is 2. The van der Waals surface area contributed by atoms with Crippen molar-refractivity contribution in [2.24, 2.45) is 0 Å². The van der Waals surface area contributed by atoms with E-state index in [1.54, 1.807) is 0 Å². The second-order valence-corrected chi connectivity index (χ2v) is 4.65. The molecule has 0 aromatic heterocycles. The van der Waals surface area contributed by atoms with Gasteiger partial charge in [-0.2, -0.15) is 0 Å². The first-order valence-corrected chi connectivity index (χ1v) is 5.92. The van der Waals surface area contributed by atoms with Gasteiger partial charge in [0.1, 0.15) is 11.5 Å². The number of Topliss-reactive ketones (excluding diaryl/α,β-unsaturated/α-hetero) is 2. The van der Waals surface area contributed by atoms with Crippen molar-refractivity contribution in [2.45, 2.75) is 12.8 Å². The van der Waals surface area contributed by atoms with Crippen LogP contribution in [-0.4, -0.2) is 32.0 Å². The summed E-state index contributed by atoms with van der Waals surface area (Å²) in [5.74, 6) is -3.15. The lowest BCUT2D eigenvalue weighted by atomic mass is 9.85. The summed E-state index contributed by atoms with van der Waals surface area (Å²) in [5, 5.41) is 39.3. The third-order valence-electron chi connectivity index (χ3n) is 3.51. The van der Waals surface area contributed by atoms with Gasteiger partial charge in [0.05, 0.1) is 16.5 Å². The highest BCUT2D eigenvalue weighted by atomic mass is 16.3. The van der Waals surface area contributed by atoms with Crippen LogP contribution in [0.5, 0.6) is 23.0 Å². The summed E-state index contributed by atoms with van der Waals surface area (Å²) >= 11 is 0. The van der Waals surface area contributed by atoms with E-state index in [9.17, 15) is 30.0 Å². The van der Waals surface area contributed by atoms with Gasteiger partial charge < -0.3 is 20.4 Å². The maximum Gasteiger partial charge on any atom is 0.169 e. The number of phenolic OH excluding ortho intramolecular Hbond substituents is 4.